The topological polar surface area (TPSA) is 74.2 Å². The first-order chi connectivity index (χ1) is 9.52. The monoisotopic (exact) mass is 279 g/mol. The molecular weight excluding hydrogens is 254 g/mol. The third-order valence-corrected chi connectivity index (χ3v) is 4.96. The van der Waals surface area contributed by atoms with Crippen molar-refractivity contribution in [2.45, 2.75) is 69.9 Å². The number of ether oxygens (including phenoxy) is 1. The van der Waals surface area contributed by atoms with Gasteiger partial charge in [-0.3, -0.25) is 0 Å². The minimum Gasteiger partial charge on any atom is -0.367 e. The van der Waals surface area contributed by atoms with Gasteiger partial charge in [0.15, 0.2) is 0 Å². The highest BCUT2D eigenvalue weighted by Crippen LogP contribution is 2.38. The van der Waals surface area contributed by atoms with Crippen molar-refractivity contribution in [3.63, 3.8) is 0 Å². The molecule has 2 aliphatic rings. The lowest BCUT2D eigenvalue weighted by molar-refractivity contribution is -0.0770. The maximum Gasteiger partial charge on any atom is 0.246 e. The highest BCUT2D eigenvalue weighted by Gasteiger charge is 2.40. The van der Waals surface area contributed by atoms with Crippen LogP contribution in [0.4, 0.5) is 0 Å². The molecular formula is C15H25N3O2. The quantitative estimate of drug-likeness (QED) is 0.901. The summed E-state index contributed by atoms with van der Waals surface area (Å²) in [6.07, 6.45) is 7.30. The lowest BCUT2D eigenvalue weighted by Gasteiger charge is -2.33. The molecule has 20 heavy (non-hydrogen) atoms. The van der Waals surface area contributed by atoms with E-state index in [1.807, 2.05) is 6.92 Å². The lowest BCUT2D eigenvalue weighted by Crippen LogP contribution is -2.40. The standard InChI is InChI=1S/C15H25N3O2/c1-11-5-8-15(16,9-6-11)13-17-12(18-20-13)14(2)7-3-4-10-19-14/h11H,3-10,16H2,1-2H3. The van der Waals surface area contributed by atoms with Gasteiger partial charge in [-0.2, -0.15) is 4.98 Å². The first kappa shape index (κ1) is 14.0. The Hall–Kier alpha value is -0.940. The minimum absolute atomic E-state index is 0.404. The van der Waals surface area contributed by atoms with Crippen LogP contribution in [0.15, 0.2) is 4.52 Å². The number of aromatic nitrogens is 2. The van der Waals surface area contributed by atoms with E-state index in [-0.39, 0.29) is 0 Å². The van der Waals surface area contributed by atoms with Crippen LogP contribution in [0, 0.1) is 5.92 Å². The van der Waals surface area contributed by atoms with Gasteiger partial charge in [-0.15, -0.1) is 0 Å². The van der Waals surface area contributed by atoms with Gasteiger partial charge in [-0.05, 0) is 57.8 Å². The van der Waals surface area contributed by atoms with Crippen LogP contribution < -0.4 is 5.73 Å². The summed E-state index contributed by atoms with van der Waals surface area (Å²) >= 11 is 0. The maximum atomic E-state index is 6.49. The van der Waals surface area contributed by atoms with Gasteiger partial charge < -0.3 is 15.0 Å². The molecule has 1 saturated carbocycles. The Morgan fingerprint density at radius 3 is 2.60 bits per heavy atom. The minimum atomic E-state index is -0.442. The second-order valence-electron chi connectivity index (χ2n) is 6.80. The van der Waals surface area contributed by atoms with Crippen molar-refractivity contribution >= 4 is 0 Å². The Bertz CT molecular complexity index is 457. The molecule has 5 heteroatoms. The van der Waals surface area contributed by atoms with Crippen LogP contribution >= 0.6 is 0 Å². The zero-order valence-electron chi connectivity index (χ0n) is 12.5. The van der Waals surface area contributed by atoms with E-state index in [1.165, 1.54) is 0 Å². The molecule has 1 saturated heterocycles. The smallest absolute Gasteiger partial charge is 0.246 e. The van der Waals surface area contributed by atoms with Crippen LogP contribution in [0.3, 0.4) is 0 Å². The molecule has 5 nitrogen and oxygen atoms in total. The molecule has 0 amide bonds. The predicted octanol–water partition coefficient (Wildman–Crippen LogP) is 2.85. The van der Waals surface area contributed by atoms with E-state index < -0.39 is 11.1 Å². The molecule has 1 unspecified atom stereocenters. The number of rotatable bonds is 2. The fourth-order valence-corrected chi connectivity index (χ4v) is 3.24. The summed E-state index contributed by atoms with van der Waals surface area (Å²) in [4.78, 5) is 4.60. The Balaban J connectivity index is 1.79. The van der Waals surface area contributed by atoms with Gasteiger partial charge in [0.2, 0.25) is 11.7 Å². The van der Waals surface area contributed by atoms with Gasteiger partial charge in [0.25, 0.3) is 0 Å². The van der Waals surface area contributed by atoms with Gasteiger partial charge in [0.1, 0.15) is 5.60 Å². The van der Waals surface area contributed by atoms with E-state index in [4.69, 9.17) is 15.0 Å². The summed E-state index contributed by atoms with van der Waals surface area (Å²) in [5.74, 6) is 2.00. The van der Waals surface area contributed by atoms with Crippen LogP contribution in [-0.2, 0) is 15.9 Å². The van der Waals surface area contributed by atoms with Crippen LogP contribution in [0.25, 0.3) is 0 Å². The Morgan fingerprint density at radius 1 is 1.20 bits per heavy atom. The molecule has 0 spiro atoms. The molecule has 1 aromatic rings. The zero-order chi connectivity index (χ0) is 14.2. The van der Waals surface area contributed by atoms with E-state index in [0.29, 0.717) is 11.7 Å². The van der Waals surface area contributed by atoms with Crippen molar-refractivity contribution in [3.8, 4) is 0 Å². The molecule has 3 rings (SSSR count). The lowest BCUT2D eigenvalue weighted by atomic mass is 9.78. The average Bonchev–Trinajstić information content (AvgIpc) is 2.94. The van der Waals surface area contributed by atoms with Gasteiger partial charge in [-0.25, -0.2) is 0 Å². The second kappa shape index (κ2) is 5.11. The zero-order valence-corrected chi connectivity index (χ0v) is 12.5. The normalized spacial score (nSPS) is 38.9. The third-order valence-electron chi connectivity index (χ3n) is 4.96. The fourth-order valence-electron chi connectivity index (χ4n) is 3.24. The van der Waals surface area contributed by atoms with Crippen molar-refractivity contribution in [2.75, 3.05) is 6.61 Å². The number of nitrogens with zero attached hydrogens (tertiary/aromatic N) is 2. The fraction of sp³-hybridized carbons (Fsp3) is 0.867. The summed E-state index contributed by atoms with van der Waals surface area (Å²) < 4.78 is 11.4. The number of hydrogen-bond donors (Lipinski definition) is 1. The highest BCUT2D eigenvalue weighted by molar-refractivity contribution is 5.08. The van der Waals surface area contributed by atoms with E-state index in [9.17, 15) is 0 Å². The summed E-state index contributed by atoms with van der Waals surface area (Å²) in [5.41, 5.74) is 5.65. The molecule has 112 valence electrons. The van der Waals surface area contributed by atoms with Crippen LogP contribution in [0.2, 0.25) is 0 Å². The van der Waals surface area contributed by atoms with E-state index >= 15 is 0 Å². The molecule has 1 aliphatic carbocycles. The van der Waals surface area contributed by atoms with Gasteiger partial charge in [0.05, 0.1) is 5.54 Å². The van der Waals surface area contributed by atoms with Crippen LogP contribution in [-0.4, -0.2) is 16.7 Å². The van der Waals surface area contributed by atoms with Crippen molar-refractivity contribution in [1.29, 1.82) is 0 Å². The number of hydrogen-bond acceptors (Lipinski definition) is 5. The molecule has 2 fully saturated rings. The largest absolute Gasteiger partial charge is 0.367 e. The van der Waals surface area contributed by atoms with Gasteiger partial charge in [-0.1, -0.05) is 12.1 Å². The first-order valence-electron chi connectivity index (χ1n) is 7.79. The second-order valence-corrected chi connectivity index (χ2v) is 6.80. The van der Waals surface area contributed by atoms with E-state index in [2.05, 4.69) is 17.1 Å². The predicted molar refractivity (Wildman–Crippen MR) is 75.0 cm³/mol. The first-order valence-corrected chi connectivity index (χ1v) is 7.79. The summed E-state index contributed by atoms with van der Waals surface area (Å²) in [6.45, 7) is 5.09. The molecule has 0 radical (unpaired) electrons. The molecule has 2 N–H and O–H groups in total. The van der Waals surface area contributed by atoms with E-state index in [1.54, 1.807) is 0 Å². The van der Waals surface area contributed by atoms with Crippen molar-refractivity contribution < 1.29 is 9.26 Å². The van der Waals surface area contributed by atoms with E-state index in [0.717, 1.165) is 57.5 Å². The maximum absolute atomic E-state index is 6.49. The highest BCUT2D eigenvalue weighted by atomic mass is 16.5. The molecule has 2 heterocycles. The third kappa shape index (κ3) is 2.49. The van der Waals surface area contributed by atoms with Crippen LogP contribution in [0.5, 0.6) is 0 Å². The Morgan fingerprint density at radius 2 is 1.95 bits per heavy atom. The van der Waals surface area contributed by atoms with Crippen molar-refractivity contribution in [2.24, 2.45) is 11.7 Å². The molecule has 1 atom stereocenters. The number of nitrogens with two attached hydrogens (primary N) is 1. The molecule has 1 aliphatic heterocycles. The van der Waals surface area contributed by atoms with Crippen molar-refractivity contribution in [1.82, 2.24) is 10.1 Å². The SMILES string of the molecule is CC1CCC(N)(c2nc(C3(C)CCCCO3)no2)CC1. The summed E-state index contributed by atoms with van der Waals surface area (Å²) in [5, 5.41) is 4.16. The summed E-state index contributed by atoms with van der Waals surface area (Å²) in [6, 6.07) is 0. The van der Waals surface area contributed by atoms with Gasteiger partial charge in [0, 0.05) is 6.61 Å². The van der Waals surface area contributed by atoms with Crippen molar-refractivity contribution in [3.05, 3.63) is 11.7 Å². The summed E-state index contributed by atoms with van der Waals surface area (Å²) in [7, 11) is 0. The average molecular weight is 279 g/mol. The van der Waals surface area contributed by atoms with Gasteiger partial charge >= 0.3 is 0 Å². The Labute approximate surface area is 120 Å². The van der Waals surface area contributed by atoms with Crippen LogP contribution in [0.1, 0.15) is 70.5 Å². The molecule has 0 aromatic carbocycles. The Kier molecular flexibility index (Phi) is 3.58. The molecule has 1 aromatic heterocycles. The molecule has 0 bridgehead atoms.